The summed E-state index contributed by atoms with van der Waals surface area (Å²) in [7, 11) is 0. The lowest BCUT2D eigenvalue weighted by Crippen LogP contribution is -2.41. The van der Waals surface area contributed by atoms with Gasteiger partial charge in [-0.05, 0) is 30.7 Å². The van der Waals surface area contributed by atoms with Gasteiger partial charge in [-0.25, -0.2) is 4.79 Å². The van der Waals surface area contributed by atoms with Crippen LogP contribution in [0.3, 0.4) is 0 Å². The van der Waals surface area contributed by atoms with E-state index in [0.29, 0.717) is 17.9 Å². The van der Waals surface area contributed by atoms with Gasteiger partial charge in [-0.2, -0.15) is 0 Å². The molecule has 1 aromatic rings. The SMILES string of the molecule is CCCC(NC(=O)CSc1ccc(Cl)cc1)C(=O)O. The van der Waals surface area contributed by atoms with Crippen LogP contribution in [-0.4, -0.2) is 28.8 Å². The third-order valence-electron chi connectivity index (χ3n) is 2.39. The summed E-state index contributed by atoms with van der Waals surface area (Å²) >= 11 is 7.10. The van der Waals surface area contributed by atoms with E-state index < -0.39 is 12.0 Å². The first-order chi connectivity index (χ1) is 9.02. The number of benzene rings is 1. The maximum absolute atomic E-state index is 11.7. The van der Waals surface area contributed by atoms with Gasteiger partial charge in [-0.15, -0.1) is 11.8 Å². The summed E-state index contributed by atoms with van der Waals surface area (Å²) < 4.78 is 0. The molecule has 2 N–H and O–H groups in total. The van der Waals surface area contributed by atoms with E-state index in [0.717, 1.165) is 4.90 Å². The number of hydrogen-bond acceptors (Lipinski definition) is 3. The Morgan fingerprint density at radius 1 is 1.37 bits per heavy atom. The maximum atomic E-state index is 11.7. The molecule has 19 heavy (non-hydrogen) atoms. The summed E-state index contributed by atoms with van der Waals surface area (Å²) in [6.07, 6.45) is 1.15. The average Bonchev–Trinajstić information content (AvgIpc) is 2.37. The smallest absolute Gasteiger partial charge is 0.326 e. The molecule has 1 unspecified atom stereocenters. The van der Waals surface area contributed by atoms with Crippen LogP contribution in [0.4, 0.5) is 0 Å². The van der Waals surface area contributed by atoms with Gasteiger partial charge in [-0.3, -0.25) is 4.79 Å². The molecule has 0 heterocycles. The van der Waals surface area contributed by atoms with Gasteiger partial charge in [0.15, 0.2) is 0 Å². The molecule has 0 radical (unpaired) electrons. The number of carboxylic acid groups (broad SMARTS) is 1. The van der Waals surface area contributed by atoms with Gasteiger partial charge in [0.1, 0.15) is 6.04 Å². The third-order valence-corrected chi connectivity index (χ3v) is 3.66. The summed E-state index contributed by atoms with van der Waals surface area (Å²) in [6.45, 7) is 1.88. The highest BCUT2D eigenvalue weighted by Gasteiger charge is 2.18. The Balaban J connectivity index is 2.42. The molecule has 0 bridgehead atoms. The van der Waals surface area contributed by atoms with Crippen molar-refractivity contribution in [2.24, 2.45) is 0 Å². The van der Waals surface area contributed by atoms with Crippen molar-refractivity contribution < 1.29 is 14.7 Å². The van der Waals surface area contributed by atoms with E-state index in [9.17, 15) is 9.59 Å². The van der Waals surface area contributed by atoms with E-state index in [1.807, 2.05) is 19.1 Å². The van der Waals surface area contributed by atoms with E-state index in [4.69, 9.17) is 16.7 Å². The third kappa shape index (κ3) is 5.98. The number of halogens is 1. The Labute approximate surface area is 121 Å². The van der Waals surface area contributed by atoms with Crippen molar-refractivity contribution in [2.75, 3.05) is 5.75 Å². The predicted molar refractivity (Wildman–Crippen MR) is 76.7 cm³/mol. The van der Waals surface area contributed by atoms with E-state index in [2.05, 4.69) is 5.32 Å². The standard InChI is InChI=1S/C13H16ClNO3S/c1-2-3-11(13(17)18)15-12(16)8-19-10-6-4-9(14)5-7-10/h4-7,11H,2-3,8H2,1H3,(H,15,16)(H,17,18). The van der Waals surface area contributed by atoms with Crippen LogP contribution in [0.5, 0.6) is 0 Å². The van der Waals surface area contributed by atoms with Crippen molar-refractivity contribution in [2.45, 2.75) is 30.7 Å². The second kappa shape index (κ2) is 8.07. The van der Waals surface area contributed by atoms with Crippen LogP contribution in [0.15, 0.2) is 29.2 Å². The molecule has 1 atom stereocenters. The summed E-state index contributed by atoms with van der Waals surface area (Å²) in [4.78, 5) is 23.5. The Hall–Kier alpha value is -1.20. The number of thioether (sulfide) groups is 1. The number of rotatable bonds is 7. The Morgan fingerprint density at radius 2 is 2.00 bits per heavy atom. The predicted octanol–water partition coefficient (Wildman–Crippen LogP) is 2.80. The first kappa shape index (κ1) is 15.9. The number of carboxylic acids is 1. The summed E-state index contributed by atoms with van der Waals surface area (Å²) in [5, 5.41) is 12.1. The average molecular weight is 302 g/mol. The molecule has 1 rings (SSSR count). The summed E-state index contributed by atoms with van der Waals surface area (Å²) in [5.41, 5.74) is 0. The lowest BCUT2D eigenvalue weighted by molar-refractivity contribution is -0.141. The normalized spacial score (nSPS) is 11.9. The van der Waals surface area contributed by atoms with E-state index in [-0.39, 0.29) is 11.7 Å². The molecule has 1 aromatic carbocycles. The lowest BCUT2D eigenvalue weighted by atomic mass is 10.2. The second-order valence-corrected chi connectivity index (χ2v) is 5.47. The molecule has 0 fully saturated rings. The number of aliphatic carboxylic acids is 1. The highest BCUT2D eigenvalue weighted by Crippen LogP contribution is 2.20. The van der Waals surface area contributed by atoms with Gasteiger partial charge in [0, 0.05) is 9.92 Å². The van der Waals surface area contributed by atoms with Gasteiger partial charge in [0.05, 0.1) is 5.75 Å². The number of amides is 1. The number of hydrogen-bond donors (Lipinski definition) is 2. The van der Waals surface area contributed by atoms with Crippen LogP contribution >= 0.6 is 23.4 Å². The molecular formula is C13H16ClNO3S. The van der Waals surface area contributed by atoms with Gasteiger partial charge in [0.2, 0.25) is 5.91 Å². The van der Waals surface area contributed by atoms with Crippen molar-refractivity contribution in [1.29, 1.82) is 0 Å². The van der Waals surface area contributed by atoms with Crippen molar-refractivity contribution in [1.82, 2.24) is 5.32 Å². The second-order valence-electron chi connectivity index (χ2n) is 3.99. The van der Waals surface area contributed by atoms with Crippen molar-refractivity contribution in [3.8, 4) is 0 Å². The Bertz CT molecular complexity index is 436. The minimum absolute atomic E-state index is 0.190. The number of nitrogens with one attached hydrogen (secondary N) is 1. The zero-order chi connectivity index (χ0) is 14.3. The molecule has 0 spiro atoms. The zero-order valence-corrected chi connectivity index (χ0v) is 12.1. The minimum atomic E-state index is -0.994. The van der Waals surface area contributed by atoms with Crippen LogP contribution in [-0.2, 0) is 9.59 Å². The largest absolute Gasteiger partial charge is 0.480 e. The van der Waals surface area contributed by atoms with Gasteiger partial charge in [0.25, 0.3) is 0 Å². The molecule has 6 heteroatoms. The molecule has 0 saturated heterocycles. The molecular weight excluding hydrogens is 286 g/mol. The van der Waals surface area contributed by atoms with Gasteiger partial charge in [-0.1, -0.05) is 24.9 Å². The number of carbonyl (C=O) groups is 2. The lowest BCUT2D eigenvalue weighted by Gasteiger charge is -2.13. The molecule has 0 saturated carbocycles. The fourth-order valence-electron chi connectivity index (χ4n) is 1.46. The van der Waals surface area contributed by atoms with Crippen LogP contribution in [0, 0.1) is 0 Å². The summed E-state index contributed by atoms with van der Waals surface area (Å²) in [6, 6.07) is 6.34. The molecule has 104 valence electrons. The molecule has 0 aliphatic heterocycles. The zero-order valence-electron chi connectivity index (χ0n) is 10.6. The monoisotopic (exact) mass is 301 g/mol. The van der Waals surface area contributed by atoms with Crippen LogP contribution in [0.25, 0.3) is 0 Å². The fourth-order valence-corrected chi connectivity index (χ4v) is 2.30. The number of carbonyl (C=O) groups excluding carboxylic acids is 1. The van der Waals surface area contributed by atoms with Crippen LogP contribution in [0.1, 0.15) is 19.8 Å². The summed E-state index contributed by atoms with van der Waals surface area (Å²) in [5.74, 6) is -1.08. The van der Waals surface area contributed by atoms with Crippen molar-refractivity contribution >= 4 is 35.2 Å². The molecule has 0 aliphatic rings. The Morgan fingerprint density at radius 3 is 2.53 bits per heavy atom. The van der Waals surface area contributed by atoms with Gasteiger partial charge < -0.3 is 10.4 Å². The van der Waals surface area contributed by atoms with Crippen molar-refractivity contribution in [3.05, 3.63) is 29.3 Å². The molecule has 1 amide bonds. The van der Waals surface area contributed by atoms with E-state index >= 15 is 0 Å². The molecule has 0 aromatic heterocycles. The fraction of sp³-hybridized carbons (Fsp3) is 0.385. The highest BCUT2D eigenvalue weighted by atomic mass is 35.5. The topological polar surface area (TPSA) is 66.4 Å². The van der Waals surface area contributed by atoms with Crippen LogP contribution < -0.4 is 5.32 Å². The van der Waals surface area contributed by atoms with Crippen LogP contribution in [0.2, 0.25) is 5.02 Å². The first-order valence-corrected chi connectivity index (χ1v) is 7.29. The van der Waals surface area contributed by atoms with Gasteiger partial charge >= 0.3 is 5.97 Å². The first-order valence-electron chi connectivity index (χ1n) is 5.93. The highest BCUT2D eigenvalue weighted by molar-refractivity contribution is 8.00. The van der Waals surface area contributed by atoms with E-state index in [1.165, 1.54) is 11.8 Å². The molecule has 0 aliphatic carbocycles. The quantitative estimate of drug-likeness (QED) is 0.760. The van der Waals surface area contributed by atoms with Crippen molar-refractivity contribution in [3.63, 3.8) is 0 Å². The van der Waals surface area contributed by atoms with E-state index in [1.54, 1.807) is 12.1 Å². The Kier molecular flexibility index (Phi) is 6.73. The minimum Gasteiger partial charge on any atom is -0.480 e. The molecule has 4 nitrogen and oxygen atoms in total. The maximum Gasteiger partial charge on any atom is 0.326 e.